The molecule has 0 amide bonds. The minimum absolute atomic E-state index is 0.589. The number of hydrogen-bond acceptors (Lipinski definition) is 6. The topological polar surface area (TPSA) is 68.3 Å². The number of nitrogens with zero attached hydrogens (tertiary/aromatic N) is 2. The first-order valence-electron chi connectivity index (χ1n) is 8.38. The van der Waals surface area contributed by atoms with Crippen LogP contribution in [-0.4, -0.2) is 30.7 Å². The number of benzene rings is 2. The molecule has 0 saturated carbocycles. The highest BCUT2D eigenvalue weighted by molar-refractivity contribution is 5.57. The maximum absolute atomic E-state index is 5.25. The molecular formula is C20H22N4O2. The molecule has 26 heavy (non-hydrogen) atoms. The van der Waals surface area contributed by atoms with Gasteiger partial charge in [0.25, 0.3) is 0 Å². The van der Waals surface area contributed by atoms with Crippen LogP contribution >= 0.6 is 0 Å². The molecule has 0 radical (unpaired) electrons. The molecule has 3 aromatic rings. The molecule has 0 fully saturated rings. The molecular weight excluding hydrogens is 328 g/mol. The molecule has 0 unspecified atom stereocenters. The maximum atomic E-state index is 5.25. The Morgan fingerprint density at radius 3 is 2.50 bits per heavy atom. The van der Waals surface area contributed by atoms with E-state index in [0.29, 0.717) is 5.95 Å². The summed E-state index contributed by atoms with van der Waals surface area (Å²) in [4.78, 5) is 8.75. The van der Waals surface area contributed by atoms with Crippen molar-refractivity contribution in [2.75, 3.05) is 31.4 Å². The van der Waals surface area contributed by atoms with Gasteiger partial charge in [0, 0.05) is 18.4 Å². The van der Waals surface area contributed by atoms with Gasteiger partial charge in [0.1, 0.15) is 17.3 Å². The fraction of sp³-hybridized carbons (Fsp3) is 0.200. The fourth-order valence-electron chi connectivity index (χ4n) is 2.48. The number of rotatable bonds is 8. The Kier molecular flexibility index (Phi) is 5.88. The molecule has 0 aliphatic heterocycles. The van der Waals surface area contributed by atoms with Crippen molar-refractivity contribution in [2.24, 2.45) is 0 Å². The first-order chi connectivity index (χ1) is 12.8. The maximum Gasteiger partial charge on any atom is 0.224 e. The summed E-state index contributed by atoms with van der Waals surface area (Å²) in [6.07, 6.45) is 2.59. The largest absolute Gasteiger partial charge is 0.497 e. The van der Waals surface area contributed by atoms with E-state index in [9.17, 15) is 0 Å². The molecule has 6 heteroatoms. The van der Waals surface area contributed by atoms with Gasteiger partial charge in [0.15, 0.2) is 0 Å². The van der Waals surface area contributed by atoms with E-state index in [-0.39, 0.29) is 0 Å². The monoisotopic (exact) mass is 350 g/mol. The molecule has 0 bridgehead atoms. The van der Waals surface area contributed by atoms with Crippen LogP contribution in [0.4, 0.5) is 17.5 Å². The van der Waals surface area contributed by atoms with Gasteiger partial charge in [-0.05, 0) is 54.4 Å². The highest BCUT2D eigenvalue weighted by Crippen LogP contribution is 2.19. The van der Waals surface area contributed by atoms with Gasteiger partial charge in [-0.3, -0.25) is 0 Å². The normalized spacial score (nSPS) is 10.2. The van der Waals surface area contributed by atoms with Gasteiger partial charge in [0.2, 0.25) is 5.95 Å². The van der Waals surface area contributed by atoms with Crippen LogP contribution in [0.15, 0.2) is 60.8 Å². The van der Waals surface area contributed by atoms with E-state index in [1.165, 1.54) is 5.56 Å². The van der Waals surface area contributed by atoms with Crippen LogP contribution in [0.2, 0.25) is 0 Å². The Bertz CT molecular complexity index is 837. The van der Waals surface area contributed by atoms with Crippen LogP contribution < -0.4 is 20.1 Å². The molecule has 6 nitrogen and oxygen atoms in total. The highest BCUT2D eigenvalue weighted by atomic mass is 16.5. The molecule has 0 aliphatic rings. The van der Waals surface area contributed by atoms with Crippen LogP contribution in [0.25, 0.3) is 0 Å². The lowest BCUT2D eigenvalue weighted by Crippen LogP contribution is -2.08. The number of nitrogens with one attached hydrogen (secondary N) is 2. The molecule has 134 valence electrons. The number of ether oxygens (including phenoxy) is 2. The summed E-state index contributed by atoms with van der Waals surface area (Å²) in [7, 11) is 3.32. The third-order valence-corrected chi connectivity index (χ3v) is 3.85. The quantitative estimate of drug-likeness (QED) is 0.642. The predicted octanol–water partition coefficient (Wildman–Crippen LogP) is 3.89. The van der Waals surface area contributed by atoms with Crippen molar-refractivity contribution < 1.29 is 9.47 Å². The average molecular weight is 350 g/mol. The Morgan fingerprint density at radius 2 is 1.73 bits per heavy atom. The zero-order valence-electron chi connectivity index (χ0n) is 14.9. The summed E-state index contributed by atoms with van der Waals surface area (Å²) in [5, 5.41) is 6.51. The third-order valence-electron chi connectivity index (χ3n) is 3.85. The molecule has 1 aromatic heterocycles. The van der Waals surface area contributed by atoms with Crippen molar-refractivity contribution >= 4 is 17.5 Å². The molecule has 0 aliphatic carbocycles. The van der Waals surface area contributed by atoms with E-state index < -0.39 is 0 Å². The Morgan fingerprint density at radius 1 is 0.923 bits per heavy atom. The molecule has 0 saturated heterocycles. The lowest BCUT2D eigenvalue weighted by molar-refractivity contribution is 0.414. The van der Waals surface area contributed by atoms with Gasteiger partial charge < -0.3 is 20.1 Å². The van der Waals surface area contributed by atoms with E-state index in [1.807, 2.05) is 48.5 Å². The van der Waals surface area contributed by atoms with Gasteiger partial charge in [-0.25, -0.2) is 4.98 Å². The van der Waals surface area contributed by atoms with Crippen LogP contribution in [0.1, 0.15) is 5.56 Å². The summed E-state index contributed by atoms with van der Waals surface area (Å²) in [5.41, 5.74) is 2.14. The summed E-state index contributed by atoms with van der Waals surface area (Å²) >= 11 is 0. The SMILES string of the molecule is COc1ccc(Nc2ccnc(NCCc3cccc(OC)c3)n2)cc1. The lowest BCUT2D eigenvalue weighted by atomic mass is 10.1. The van der Waals surface area contributed by atoms with E-state index in [4.69, 9.17) is 9.47 Å². The summed E-state index contributed by atoms with van der Waals surface area (Å²) in [5.74, 6) is 3.00. The molecule has 2 aromatic carbocycles. The number of aromatic nitrogens is 2. The van der Waals surface area contributed by atoms with Gasteiger partial charge in [-0.2, -0.15) is 4.98 Å². The number of hydrogen-bond donors (Lipinski definition) is 2. The number of anilines is 3. The van der Waals surface area contributed by atoms with E-state index in [1.54, 1.807) is 20.4 Å². The predicted molar refractivity (Wildman–Crippen MR) is 103 cm³/mol. The smallest absolute Gasteiger partial charge is 0.224 e. The molecule has 3 rings (SSSR count). The third kappa shape index (κ3) is 4.86. The zero-order chi connectivity index (χ0) is 18.2. The van der Waals surface area contributed by atoms with Crippen molar-refractivity contribution in [1.29, 1.82) is 0 Å². The first kappa shape index (κ1) is 17.5. The van der Waals surface area contributed by atoms with Crippen molar-refractivity contribution in [3.05, 3.63) is 66.4 Å². The first-order valence-corrected chi connectivity index (χ1v) is 8.38. The van der Waals surface area contributed by atoms with Gasteiger partial charge >= 0.3 is 0 Å². The average Bonchev–Trinajstić information content (AvgIpc) is 2.69. The van der Waals surface area contributed by atoms with E-state index >= 15 is 0 Å². The van der Waals surface area contributed by atoms with Crippen molar-refractivity contribution in [1.82, 2.24) is 9.97 Å². The zero-order valence-corrected chi connectivity index (χ0v) is 14.9. The second kappa shape index (κ2) is 8.71. The van der Waals surface area contributed by atoms with Crippen molar-refractivity contribution in [2.45, 2.75) is 6.42 Å². The lowest BCUT2D eigenvalue weighted by Gasteiger charge is -2.09. The Balaban J connectivity index is 1.56. The van der Waals surface area contributed by atoms with Crippen molar-refractivity contribution in [3.8, 4) is 11.5 Å². The standard InChI is InChI=1S/C20H22N4O2/c1-25-17-8-6-16(7-9-17)23-19-11-13-22-20(24-19)21-12-10-15-4-3-5-18(14-15)26-2/h3-9,11,13-14H,10,12H2,1-2H3,(H2,21,22,23,24). The minimum atomic E-state index is 0.589. The van der Waals surface area contributed by atoms with Crippen LogP contribution in [0.3, 0.4) is 0 Å². The highest BCUT2D eigenvalue weighted by Gasteiger charge is 2.01. The van der Waals surface area contributed by atoms with Crippen molar-refractivity contribution in [3.63, 3.8) is 0 Å². The second-order valence-corrected chi connectivity index (χ2v) is 5.65. The Labute approximate surface area is 153 Å². The van der Waals surface area contributed by atoms with Crippen LogP contribution in [0.5, 0.6) is 11.5 Å². The van der Waals surface area contributed by atoms with E-state index in [2.05, 4.69) is 26.7 Å². The summed E-state index contributed by atoms with van der Waals surface area (Å²) < 4.78 is 10.4. The minimum Gasteiger partial charge on any atom is -0.497 e. The summed E-state index contributed by atoms with van der Waals surface area (Å²) in [6.45, 7) is 0.735. The summed E-state index contributed by atoms with van der Waals surface area (Å²) in [6, 6.07) is 17.5. The fourth-order valence-corrected chi connectivity index (χ4v) is 2.48. The molecule has 1 heterocycles. The molecule has 0 atom stereocenters. The number of methoxy groups -OCH3 is 2. The van der Waals surface area contributed by atoms with E-state index in [0.717, 1.165) is 36.0 Å². The second-order valence-electron chi connectivity index (χ2n) is 5.65. The van der Waals surface area contributed by atoms with Crippen LogP contribution in [0, 0.1) is 0 Å². The van der Waals surface area contributed by atoms with Gasteiger partial charge in [-0.1, -0.05) is 12.1 Å². The van der Waals surface area contributed by atoms with Gasteiger partial charge in [0.05, 0.1) is 14.2 Å². The Hall–Kier alpha value is -3.28. The van der Waals surface area contributed by atoms with Crippen LogP contribution in [-0.2, 0) is 6.42 Å². The molecule has 0 spiro atoms. The molecule has 2 N–H and O–H groups in total. The van der Waals surface area contributed by atoms with Gasteiger partial charge in [-0.15, -0.1) is 0 Å².